The Bertz CT molecular complexity index is 1130. The van der Waals surface area contributed by atoms with Crippen molar-refractivity contribution < 1.29 is 27.4 Å². The van der Waals surface area contributed by atoms with Crippen molar-refractivity contribution in [3.05, 3.63) is 39.4 Å². The highest BCUT2D eigenvalue weighted by Gasteiger charge is 2.38. The fraction of sp³-hybridized carbons (Fsp3) is 0.524. The maximum atomic E-state index is 13.1. The Morgan fingerprint density at radius 1 is 1.40 bits per heavy atom. The van der Waals surface area contributed by atoms with E-state index in [4.69, 9.17) is 21.1 Å². The molecule has 0 aliphatic carbocycles. The Morgan fingerprint density at radius 3 is 2.97 bits per heavy atom. The number of nitrogens with one attached hydrogen (secondary N) is 2. The molecule has 2 N–H and O–H groups in total. The van der Waals surface area contributed by atoms with E-state index in [2.05, 4.69) is 20.3 Å². The Morgan fingerprint density at radius 2 is 2.20 bits per heavy atom. The Hall–Kier alpha value is -3.06. The molecule has 2 atom stereocenters. The van der Waals surface area contributed by atoms with Crippen LogP contribution in [-0.4, -0.2) is 77.5 Å². The van der Waals surface area contributed by atoms with Crippen LogP contribution >= 0.6 is 11.6 Å². The van der Waals surface area contributed by atoms with E-state index in [0.29, 0.717) is 42.8 Å². The van der Waals surface area contributed by atoms with E-state index < -0.39 is 29.0 Å². The molecule has 10 nitrogen and oxygen atoms in total. The summed E-state index contributed by atoms with van der Waals surface area (Å²) in [6.07, 6.45) is -2.23. The van der Waals surface area contributed by atoms with Crippen molar-refractivity contribution in [3.8, 4) is 5.75 Å². The van der Waals surface area contributed by atoms with Gasteiger partial charge in [-0.15, -0.1) is 0 Å². The van der Waals surface area contributed by atoms with Crippen molar-refractivity contribution in [2.75, 3.05) is 49.7 Å². The molecule has 2 aliphatic rings. The zero-order valence-electron chi connectivity index (χ0n) is 18.8. The molecule has 2 aromatic heterocycles. The minimum Gasteiger partial charge on any atom is -0.487 e. The molecule has 1 fully saturated rings. The predicted molar refractivity (Wildman–Crippen MR) is 121 cm³/mol. The SMILES string of the molecule is C[C@@H](COCCC(=O)N1CCN2c3ncc(Cl)cc3OC[C@H]2C1)Nc1cn[nH]c(=O)c1C(F)(F)F. The van der Waals surface area contributed by atoms with Gasteiger partial charge < -0.3 is 24.6 Å². The van der Waals surface area contributed by atoms with Crippen LogP contribution in [0.5, 0.6) is 5.75 Å². The van der Waals surface area contributed by atoms with Crippen molar-refractivity contribution in [1.29, 1.82) is 0 Å². The van der Waals surface area contributed by atoms with Crippen LogP contribution in [0.3, 0.4) is 0 Å². The number of amides is 1. The van der Waals surface area contributed by atoms with Crippen LogP contribution in [0.1, 0.15) is 18.9 Å². The highest BCUT2D eigenvalue weighted by molar-refractivity contribution is 6.30. The molecular formula is C21H24ClF3N6O4. The minimum absolute atomic E-state index is 0.0236. The Labute approximate surface area is 203 Å². The van der Waals surface area contributed by atoms with Crippen molar-refractivity contribution in [1.82, 2.24) is 20.1 Å². The number of piperazine rings is 1. The van der Waals surface area contributed by atoms with E-state index in [1.165, 1.54) is 0 Å². The molecule has 0 unspecified atom stereocenters. The first-order valence-electron chi connectivity index (χ1n) is 11.0. The summed E-state index contributed by atoms with van der Waals surface area (Å²) >= 11 is 5.98. The third kappa shape index (κ3) is 5.78. The summed E-state index contributed by atoms with van der Waals surface area (Å²) in [5.41, 5.74) is -3.10. The molecule has 4 heterocycles. The van der Waals surface area contributed by atoms with Crippen LogP contribution in [0.2, 0.25) is 5.02 Å². The van der Waals surface area contributed by atoms with E-state index in [1.54, 1.807) is 29.2 Å². The van der Waals surface area contributed by atoms with Crippen molar-refractivity contribution in [2.24, 2.45) is 0 Å². The summed E-state index contributed by atoms with van der Waals surface area (Å²) < 4.78 is 50.7. The molecule has 190 valence electrons. The van der Waals surface area contributed by atoms with E-state index in [1.807, 2.05) is 0 Å². The Balaban J connectivity index is 1.23. The number of aromatic amines is 1. The second-order valence-corrected chi connectivity index (χ2v) is 8.77. The normalized spacial score (nSPS) is 18.4. The van der Waals surface area contributed by atoms with E-state index in [0.717, 1.165) is 6.20 Å². The van der Waals surface area contributed by atoms with E-state index >= 15 is 0 Å². The molecule has 4 rings (SSSR count). The fourth-order valence-corrected chi connectivity index (χ4v) is 4.25. The number of carbonyl (C=O) groups is 1. The fourth-order valence-electron chi connectivity index (χ4n) is 4.10. The summed E-state index contributed by atoms with van der Waals surface area (Å²) in [6.45, 7) is 3.76. The average molecular weight is 517 g/mol. The third-order valence-electron chi connectivity index (χ3n) is 5.71. The molecule has 35 heavy (non-hydrogen) atoms. The topological polar surface area (TPSA) is 113 Å². The molecule has 1 saturated heterocycles. The zero-order chi connectivity index (χ0) is 25.2. The molecule has 0 spiro atoms. The number of nitrogens with zero attached hydrogens (tertiary/aromatic N) is 4. The van der Waals surface area contributed by atoms with Gasteiger partial charge in [0.1, 0.15) is 12.2 Å². The standard InChI is InChI=1S/C21H24ClF3N6O4/c1-12(28-15-8-27-29-20(33)18(15)21(23,24)25)10-34-5-2-17(32)30-3-4-31-14(9-30)11-35-16-6-13(22)7-26-19(16)31/h6-8,12,14H,2-5,9-11H2,1H3,(H2,28,29,33)/t12-,14+/m0/s1. The maximum Gasteiger partial charge on any atom is 0.423 e. The number of halogens is 4. The molecule has 2 aromatic rings. The summed E-state index contributed by atoms with van der Waals surface area (Å²) in [5.74, 6) is 1.26. The second kappa shape index (κ2) is 10.3. The number of aromatic nitrogens is 3. The number of alkyl halides is 3. The quantitative estimate of drug-likeness (QED) is 0.538. The molecule has 0 saturated carbocycles. The van der Waals surface area contributed by atoms with Crippen LogP contribution in [-0.2, 0) is 15.7 Å². The number of anilines is 2. The molecular weight excluding hydrogens is 493 g/mol. The molecule has 0 aromatic carbocycles. The summed E-state index contributed by atoms with van der Waals surface area (Å²) in [7, 11) is 0. The molecule has 0 radical (unpaired) electrons. The van der Waals surface area contributed by atoms with Gasteiger partial charge in [-0.05, 0) is 6.92 Å². The van der Waals surface area contributed by atoms with Gasteiger partial charge in [-0.25, -0.2) is 10.1 Å². The average Bonchev–Trinajstić information content (AvgIpc) is 2.80. The number of H-pyrrole nitrogens is 1. The minimum atomic E-state index is -4.83. The van der Waals surface area contributed by atoms with Crippen LogP contribution in [0.15, 0.2) is 23.3 Å². The predicted octanol–water partition coefficient (Wildman–Crippen LogP) is 2.15. The monoisotopic (exact) mass is 516 g/mol. The number of carbonyl (C=O) groups excluding carboxylic acids is 1. The Kier molecular flexibility index (Phi) is 7.36. The van der Waals surface area contributed by atoms with Crippen LogP contribution < -0.4 is 20.5 Å². The van der Waals surface area contributed by atoms with Gasteiger partial charge in [0.05, 0.1) is 42.6 Å². The lowest BCUT2D eigenvalue weighted by Gasteiger charge is -2.44. The van der Waals surface area contributed by atoms with Gasteiger partial charge in [-0.3, -0.25) is 9.59 Å². The molecule has 14 heteroatoms. The number of fused-ring (bicyclic) bond motifs is 3. The number of rotatable bonds is 7. The van der Waals surface area contributed by atoms with Gasteiger partial charge in [0, 0.05) is 37.9 Å². The van der Waals surface area contributed by atoms with Crippen LogP contribution in [0.4, 0.5) is 24.7 Å². The number of ether oxygens (including phenoxy) is 2. The molecule has 0 bridgehead atoms. The van der Waals surface area contributed by atoms with Crippen LogP contribution in [0.25, 0.3) is 0 Å². The number of pyridine rings is 1. The summed E-state index contributed by atoms with van der Waals surface area (Å²) in [6, 6.07) is 1.14. The maximum absolute atomic E-state index is 13.1. The van der Waals surface area contributed by atoms with Crippen molar-refractivity contribution in [3.63, 3.8) is 0 Å². The smallest absolute Gasteiger partial charge is 0.423 e. The molecule has 1 amide bonds. The third-order valence-corrected chi connectivity index (χ3v) is 5.91. The summed E-state index contributed by atoms with van der Waals surface area (Å²) in [4.78, 5) is 32.4. The first kappa shape index (κ1) is 25.0. The van der Waals surface area contributed by atoms with Crippen molar-refractivity contribution >= 4 is 29.0 Å². The first-order valence-corrected chi connectivity index (χ1v) is 11.3. The van der Waals surface area contributed by atoms with Crippen molar-refractivity contribution in [2.45, 2.75) is 31.6 Å². The summed E-state index contributed by atoms with van der Waals surface area (Å²) in [5, 5.41) is 8.29. The van der Waals surface area contributed by atoms with Gasteiger partial charge >= 0.3 is 6.18 Å². The lowest BCUT2D eigenvalue weighted by atomic mass is 10.1. The first-order chi connectivity index (χ1) is 16.6. The zero-order valence-corrected chi connectivity index (χ0v) is 19.5. The lowest BCUT2D eigenvalue weighted by Crippen LogP contribution is -2.58. The van der Waals surface area contributed by atoms with Crippen LogP contribution in [0, 0.1) is 0 Å². The van der Waals surface area contributed by atoms with Gasteiger partial charge in [-0.2, -0.15) is 18.3 Å². The lowest BCUT2D eigenvalue weighted by molar-refractivity contribution is -0.138. The van der Waals surface area contributed by atoms with E-state index in [-0.39, 0.29) is 31.6 Å². The van der Waals surface area contributed by atoms with E-state index in [9.17, 15) is 22.8 Å². The number of hydrogen-bond acceptors (Lipinski definition) is 8. The highest BCUT2D eigenvalue weighted by Crippen LogP contribution is 2.35. The van der Waals surface area contributed by atoms with Gasteiger partial charge in [0.15, 0.2) is 11.6 Å². The van der Waals surface area contributed by atoms with Gasteiger partial charge in [0.25, 0.3) is 5.56 Å². The molecule has 2 aliphatic heterocycles. The largest absolute Gasteiger partial charge is 0.487 e. The second-order valence-electron chi connectivity index (χ2n) is 8.33. The highest BCUT2D eigenvalue weighted by atomic mass is 35.5. The van der Waals surface area contributed by atoms with Gasteiger partial charge in [-0.1, -0.05) is 11.6 Å². The van der Waals surface area contributed by atoms with Gasteiger partial charge in [0.2, 0.25) is 5.91 Å². The number of hydrogen-bond donors (Lipinski definition) is 2.